The van der Waals surface area contributed by atoms with Crippen molar-refractivity contribution in [3.05, 3.63) is 112 Å². The van der Waals surface area contributed by atoms with Gasteiger partial charge in [-0.05, 0) is 23.6 Å². The number of hydrogen-bond acceptors (Lipinski definition) is 4. The summed E-state index contributed by atoms with van der Waals surface area (Å²) in [6, 6.07) is 27.1. The second kappa shape index (κ2) is 10.6. The normalized spacial score (nSPS) is 10.9. The molecule has 34 heavy (non-hydrogen) atoms. The predicted octanol–water partition coefficient (Wildman–Crippen LogP) is 3.09. The topological polar surface area (TPSA) is 93.1 Å². The van der Waals surface area contributed by atoms with Gasteiger partial charge < -0.3 is 10.6 Å². The molecule has 0 aliphatic rings. The quantitative estimate of drug-likeness (QED) is 0.428. The molecule has 2 amide bonds. The highest BCUT2D eigenvalue weighted by Gasteiger charge is 2.18. The van der Waals surface area contributed by atoms with E-state index < -0.39 is 11.5 Å². The lowest BCUT2D eigenvalue weighted by atomic mass is 9.88. The van der Waals surface area contributed by atoms with Gasteiger partial charge in [0, 0.05) is 24.9 Å². The molecule has 0 unspecified atom stereocenters. The Morgan fingerprint density at radius 3 is 2.00 bits per heavy atom. The highest BCUT2D eigenvalue weighted by molar-refractivity contribution is 6.04. The molecule has 3 aromatic carbocycles. The number of carbonyl (C=O) groups is 2. The molecule has 7 heteroatoms. The molecule has 0 aliphatic carbocycles. The summed E-state index contributed by atoms with van der Waals surface area (Å²) in [6.45, 7) is 0.160. The van der Waals surface area contributed by atoms with Crippen molar-refractivity contribution in [1.82, 2.24) is 20.4 Å². The maximum atomic E-state index is 12.9. The SMILES string of the molecule is CNC(=O)c1nn(CC(=O)NCCC(c2ccccc2)c2ccccc2)c(=O)c2ccccc12. The van der Waals surface area contributed by atoms with Gasteiger partial charge in [0.05, 0.1) is 5.39 Å². The number of benzene rings is 3. The van der Waals surface area contributed by atoms with E-state index in [1.54, 1.807) is 24.3 Å². The summed E-state index contributed by atoms with van der Waals surface area (Å²) in [4.78, 5) is 37.9. The molecule has 0 aliphatic heterocycles. The van der Waals surface area contributed by atoms with Gasteiger partial charge in [-0.2, -0.15) is 5.10 Å². The van der Waals surface area contributed by atoms with Gasteiger partial charge in [-0.1, -0.05) is 78.9 Å². The molecule has 0 saturated heterocycles. The third kappa shape index (κ3) is 5.04. The van der Waals surface area contributed by atoms with Crippen LogP contribution in [-0.2, 0) is 11.3 Å². The van der Waals surface area contributed by atoms with Gasteiger partial charge in [0.25, 0.3) is 11.5 Å². The van der Waals surface area contributed by atoms with Crippen molar-refractivity contribution < 1.29 is 9.59 Å². The average molecular weight is 455 g/mol. The molecule has 4 aromatic rings. The van der Waals surface area contributed by atoms with E-state index in [1.165, 1.54) is 18.2 Å². The summed E-state index contributed by atoms with van der Waals surface area (Å²) in [7, 11) is 1.50. The second-order valence-electron chi connectivity index (χ2n) is 7.95. The fourth-order valence-corrected chi connectivity index (χ4v) is 4.07. The van der Waals surface area contributed by atoms with Crippen LogP contribution in [0.3, 0.4) is 0 Å². The lowest BCUT2D eigenvalue weighted by Crippen LogP contribution is -2.36. The molecule has 2 N–H and O–H groups in total. The number of hydrogen-bond donors (Lipinski definition) is 2. The Balaban J connectivity index is 1.49. The van der Waals surface area contributed by atoms with Crippen LogP contribution in [0.1, 0.15) is 34.0 Å². The summed E-state index contributed by atoms with van der Waals surface area (Å²) in [6.07, 6.45) is 0.698. The first-order valence-electron chi connectivity index (χ1n) is 11.2. The summed E-state index contributed by atoms with van der Waals surface area (Å²) >= 11 is 0. The summed E-state index contributed by atoms with van der Waals surface area (Å²) < 4.78 is 1.05. The van der Waals surface area contributed by atoms with E-state index in [0.29, 0.717) is 23.7 Å². The first kappa shape index (κ1) is 22.9. The van der Waals surface area contributed by atoms with E-state index in [-0.39, 0.29) is 24.1 Å². The van der Waals surface area contributed by atoms with Crippen LogP contribution in [0, 0.1) is 0 Å². The van der Waals surface area contributed by atoms with Gasteiger partial charge in [-0.3, -0.25) is 14.4 Å². The number of amides is 2. The zero-order chi connectivity index (χ0) is 23.9. The van der Waals surface area contributed by atoms with Crippen molar-refractivity contribution in [2.45, 2.75) is 18.9 Å². The number of aromatic nitrogens is 2. The fourth-order valence-electron chi connectivity index (χ4n) is 4.07. The van der Waals surface area contributed by atoms with Gasteiger partial charge in [0.1, 0.15) is 6.54 Å². The maximum absolute atomic E-state index is 12.9. The van der Waals surface area contributed by atoms with Crippen molar-refractivity contribution in [2.24, 2.45) is 0 Å². The zero-order valence-electron chi connectivity index (χ0n) is 18.9. The second-order valence-corrected chi connectivity index (χ2v) is 7.95. The van der Waals surface area contributed by atoms with Crippen molar-refractivity contribution in [3.63, 3.8) is 0 Å². The van der Waals surface area contributed by atoms with E-state index in [9.17, 15) is 14.4 Å². The number of fused-ring (bicyclic) bond motifs is 1. The Bertz CT molecular complexity index is 1310. The van der Waals surface area contributed by atoms with Crippen LogP contribution in [0.15, 0.2) is 89.7 Å². The van der Waals surface area contributed by atoms with Crippen LogP contribution in [0.25, 0.3) is 10.8 Å². The molecule has 0 radical (unpaired) electrons. The van der Waals surface area contributed by atoms with E-state index in [4.69, 9.17) is 0 Å². The summed E-state index contributed by atoms with van der Waals surface area (Å²) in [5, 5.41) is 10.4. The molecule has 7 nitrogen and oxygen atoms in total. The molecule has 0 bridgehead atoms. The highest BCUT2D eigenvalue weighted by Crippen LogP contribution is 2.27. The van der Waals surface area contributed by atoms with Crippen LogP contribution in [0.2, 0.25) is 0 Å². The van der Waals surface area contributed by atoms with Crippen molar-refractivity contribution in [2.75, 3.05) is 13.6 Å². The number of nitrogens with one attached hydrogen (secondary N) is 2. The minimum absolute atomic E-state index is 0.110. The van der Waals surface area contributed by atoms with Crippen molar-refractivity contribution in [3.8, 4) is 0 Å². The molecular weight excluding hydrogens is 428 g/mol. The molecule has 0 spiro atoms. The van der Waals surface area contributed by atoms with E-state index in [1.807, 2.05) is 36.4 Å². The fraction of sp³-hybridized carbons (Fsp3) is 0.185. The molecule has 0 saturated carbocycles. The molecule has 0 fully saturated rings. The first-order chi connectivity index (χ1) is 16.6. The first-order valence-corrected chi connectivity index (χ1v) is 11.2. The van der Waals surface area contributed by atoms with Crippen LogP contribution < -0.4 is 16.2 Å². The monoisotopic (exact) mass is 454 g/mol. The minimum Gasteiger partial charge on any atom is -0.354 e. The average Bonchev–Trinajstić information content (AvgIpc) is 2.89. The van der Waals surface area contributed by atoms with Gasteiger partial charge >= 0.3 is 0 Å². The summed E-state index contributed by atoms with van der Waals surface area (Å²) in [5.74, 6) is -0.629. The summed E-state index contributed by atoms with van der Waals surface area (Å²) in [5.41, 5.74) is 2.04. The van der Waals surface area contributed by atoms with E-state index >= 15 is 0 Å². The number of nitrogens with zero attached hydrogens (tertiary/aromatic N) is 2. The van der Waals surface area contributed by atoms with E-state index in [0.717, 1.165) is 4.68 Å². The van der Waals surface area contributed by atoms with Crippen LogP contribution >= 0.6 is 0 Å². The van der Waals surface area contributed by atoms with Crippen LogP contribution in [0.5, 0.6) is 0 Å². The third-order valence-corrected chi connectivity index (χ3v) is 5.76. The lowest BCUT2D eigenvalue weighted by molar-refractivity contribution is -0.121. The molecule has 0 atom stereocenters. The van der Waals surface area contributed by atoms with Gasteiger partial charge in [-0.15, -0.1) is 0 Å². The van der Waals surface area contributed by atoms with Crippen LogP contribution in [-0.4, -0.2) is 35.2 Å². The van der Waals surface area contributed by atoms with Gasteiger partial charge in [0.15, 0.2) is 5.69 Å². The van der Waals surface area contributed by atoms with Crippen molar-refractivity contribution in [1.29, 1.82) is 0 Å². The van der Waals surface area contributed by atoms with Crippen molar-refractivity contribution >= 4 is 22.6 Å². The molecule has 172 valence electrons. The molecular formula is C27H26N4O3. The number of carbonyl (C=O) groups excluding carboxylic acids is 2. The lowest BCUT2D eigenvalue weighted by Gasteiger charge is -2.18. The number of rotatable bonds is 8. The molecule has 1 aromatic heterocycles. The Labute approximate surface area is 197 Å². The minimum atomic E-state index is -0.418. The Morgan fingerprint density at radius 1 is 0.853 bits per heavy atom. The van der Waals surface area contributed by atoms with E-state index in [2.05, 4.69) is 40.0 Å². The Morgan fingerprint density at radius 2 is 1.41 bits per heavy atom. The Hall–Kier alpha value is -4.26. The predicted molar refractivity (Wildman–Crippen MR) is 132 cm³/mol. The van der Waals surface area contributed by atoms with Crippen LogP contribution in [0.4, 0.5) is 0 Å². The molecule has 4 rings (SSSR count). The standard InChI is InChI=1S/C27H26N4O3/c1-28-26(33)25-22-14-8-9-15-23(22)27(34)31(30-25)18-24(32)29-17-16-21(19-10-4-2-5-11-19)20-12-6-3-7-13-20/h2-15,21H,16-18H2,1H3,(H,28,33)(H,29,32). The van der Waals surface area contributed by atoms with Gasteiger partial charge in [0.2, 0.25) is 5.91 Å². The molecule has 1 heterocycles. The van der Waals surface area contributed by atoms with Gasteiger partial charge in [-0.25, -0.2) is 4.68 Å². The highest BCUT2D eigenvalue weighted by atomic mass is 16.2. The zero-order valence-corrected chi connectivity index (χ0v) is 18.9. The third-order valence-electron chi connectivity index (χ3n) is 5.76. The largest absolute Gasteiger partial charge is 0.354 e. The Kier molecular flexibility index (Phi) is 7.13. The smallest absolute Gasteiger partial charge is 0.275 e. The maximum Gasteiger partial charge on any atom is 0.275 e.